The number of β-amino-alcohol motifs (C(OH)–C–C–N with tert-alkyl or cyclic N) is 1. The Labute approximate surface area is 276 Å². The third kappa shape index (κ3) is 6.82. The minimum absolute atomic E-state index is 0.0793. The fourth-order valence-corrected chi connectivity index (χ4v) is 7.86. The van der Waals surface area contributed by atoms with E-state index in [0.717, 1.165) is 16.3 Å². The molecule has 9 nitrogen and oxygen atoms in total. The lowest BCUT2D eigenvalue weighted by Gasteiger charge is -2.44. The van der Waals surface area contributed by atoms with E-state index >= 15 is 0 Å². The van der Waals surface area contributed by atoms with Gasteiger partial charge in [0.1, 0.15) is 22.7 Å². The summed E-state index contributed by atoms with van der Waals surface area (Å²) < 4.78 is 14.2. The fourth-order valence-electron chi connectivity index (χ4n) is 6.95. The Kier molecular flexibility index (Phi) is 8.83. The molecular formula is C36H37FN6O3S. The molecule has 2 atom stereocenters. The molecule has 7 rings (SSSR count). The standard InChI is InChI=1S/C36H37FN6O3S/c37-29-10-5-4-9-26(29)19-33-39-20-32(47-33)35(45)43-16-12-27(28(21-43)25-7-2-1-3-8-25)34(44)42-17-13-36(46,14-18-42)23-41-22-31-30(40-24-41)11-6-15-38-31/h1-11,15,20,22,27-28,46H,12-14,16-19,21,23-24H2/t27-,28+/m1/s1. The van der Waals surface area contributed by atoms with E-state index in [0.29, 0.717) is 80.5 Å². The zero-order valence-corrected chi connectivity index (χ0v) is 26.9. The van der Waals surface area contributed by atoms with Crippen LogP contribution in [0.5, 0.6) is 0 Å². The molecule has 0 radical (unpaired) electrons. The smallest absolute Gasteiger partial charge is 0.265 e. The molecule has 4 aromatic rings. The highest BCUT2D eigenvalue weighted by Gasteiger charge is 2.42. The number of aliphatic hydroxyl groups is 1. The van der Waals surface area contributed by atoms with E-state index in [2.05, 4.69) is 15.0 Å². The summed E-state index contributed by atoms with van der Waals surface area (Å²) in [6.45, 7) is 2.72. The van der Waals surface area contributed by atoms with Crippen LogP contribution in [0.3, 0.4) is 0 Å². The third-order valence-electron chi connectivity index (χ3n) is 9.56. The SMILES string of the molecule is O=C(c1cnc(Cc2ccccc2F)s1)N1CC[C@@H](C(=O)N2CCC(O)(CN3C=c4ncccc4=NC3)CC2)[C@H](c2ccccc2)C1. The number of likely N-dealkylation sites (tertiary alicyclic amines) is 2. The largest absolute Gasteiger partial charge is 0.388 e. The Morgan fingerprint density at radius 2 is 1.74 bits per heavy atom. The van der Waals surface area contributed by atoms with Crippen molar-refractivity contribution in [3.8, 4) is 0 Å². The monoisotopic (exact) mass is 652 g/mol. The van der Waals surface area contributed by atoms with Crippen LogP contribution in [0.25, 0.3) is 6.20 Å². The van der Waals surface area contributed by atoms with Crippen molar-refractivity contribution in [2.24, 2.45) is 10.9 Å². The van der Waals surface area contributed by atoms with E-state index in [4.69, 9.17) is 0 Å². The van der Waals surface area contributed by atoms with Gasteiger partial charge in [-0.15, -0.1) is 11.3 Å². The van der Waals surface area contributed by atoms with Gasteiger partial charge in [-0.2, -0.15) is 0 Å². The number of nitrogens with zero attached hydrogens (tertiary/aromatic N) is 6. The summed E-state index contributed by atoms with van der Waals surface area (Å²) in [6, 6.07) is 20.3. The molecular weight excluding hydrogens is 616 g/mol. The molecule has 2 fully saturated rings. The summed E-state index contributed by atoms with van der Waals surface area (Å²) in [4.78, 5) is 47.4. The number of fused-ring (bicyclic) bond motifs is 1. The molecule has 2 saturated heterocycles. The van der Waals surface area contributed by atoms with Crippen LogP contribution in [0, 0.1) is 11.7 Å². The van der Waals surface area contributed by atoms with Crippen LogP contribution in [0.4, 0.5) is 4.39 Å². The normalized spacial score (nSPS) is 20.6. The van der Waals surface area contributed by atoms with E-state index < -0.39 is 5.60 Å². The van der Waals surface area contributed by atoms with Crippen molar-refractivity contribution in [1.82, 2.24) is 24.7 Å². The number of hydrogen-bond donors (Lipinski definition) is 1. The highest BCUT2D eigenvalue weighted by atomic mass is 32.1. The Bertz CT molecular complexity index is 1880. The van der Waals surface area contributed by atoms with Gasteiger partial charge in [-0.25, -0.2) is 9.37 Å². The van der Waals surface area contributed by atoms with Crippen LogP contribution in [-0.2, 0) is 11.2 Å². The number of amides is 2. The Hall–Kier alpha value is -4.48. The summed E-state index contributed by atoms with van der Waals surface area (Å²) in [5.74, 6) is -0.758. The molecule has 0 bridgehead atoms. The number of rotatable bonds is 7. The zero-order chi connectivity index (χ0) is 32.4. The summed E-state index contributed by atoms with van der Waals surface area (Å²) in [7, 11) is 0. The molecule has 47 heavy (non-hydrogen) atoms. The van der Waals surface area contributed by atoms with Gasteiger partial charge in [-0.3, -0.25) is 19.6 Å². The molecule has 1 N–H and O–H groups in total. The van der Waals surface area contributed by atoms with Crippen LogP contribution in [0.15, 0.2) is 84.1 Å². The van der Waals surface area contributed by atoms with Gasteiger partial charge in [0.2, 0.25) is 5.91 Å². The van der Waals surface area contributed by atoms with E-state index in [1.165, 1.54) is 17.4 Å². The molecule has 3 aliphatic rings. The van der Waals surface area contributed by atoms with Crippen molar-refractivity contribution in [1.29, 1.82) is 0 Å². The maximum Gasteiger partial charge on any atom is 0.265 e. The summed E-state index contributed by atoms with van der Waals surface area (Å²) in [6.07, 6.45) is 7.10. The lowest BCUT2D eigenvalue weighted by atomic mass is 9.79. The van der Waals surface area contributed by atoms with Gasteiger partial charge in [-0.1, -0.05) is 48.5 Å². The second-order valence-corrected chi connectivity index (χ2v) is 13.8. The van der Waals surface area contributed by atoms with Crippen LogP contribution in [-0.4, -0.2) is 86.6 Å². The van der Waals surface area contributed by atoms with Crippen molar-refractivity contribution < 1.29 is 19.1 Å². The number of aromatic nitrogens is 2. The van der Waals surface area contributed by atoms with Gasteiger partial charge in [0.15, 0.2) is 0 Å². The number of carbonyl (C=O) groups is 2. The fraction of sp³-hybridized carbons (Fsp3) is 0.361. The molecule has 0 unspecified atom stereocenters. The van der Waals surface area contributed by atoms with Crippen LogP contribution in [0.1, 0.15) is 51.0 Å². The average molecular weight is 653 g/mol. The molecule has 2 aromatic heterocycles. The molecule has 0 spiro atoms. The topological polar surface area (TPSA) is 102 Å². The minimum Gasteiger partial charge on any atom is -0.388 e. The quantitative estimate of drug-likeness (QED) is 0.329. The molecule has 3 aliphatic heterocycles. The number of carbonyl (C=O) groups excluding carboxylic acids is 2. The van der Waals surface area contributed by atoms with E-state index in [-0.39, 0.29) is 29.5 Å². The minimum atomic E-state index is -0.927. The summed E-state index contributed by atoms with van der Waals surface area (Å²) in [5.41, 5.74) is 0.646. The van der Waals surface area contributed by atoms with Gasteiger partial charge in [0.05, 0.1) is 22.2 Å². The molecule has 5 heterocycles. The van der Waals surface area contributed by atoms with Crippen molar-refractivity contribution in [2.75, 3.05) is 39.4 Å². The predicted octanol–water partition coefficient (Wildman–Crippen LogP) is 3.20. The Morgan fingerprint density at radius 3 is 2.55 bits per heavy atom. The highest BCUT2D eigenvalue weighted by molar-refractivity contribution is 7.13. The lowest BCUT2D eigenvalue weighted by Crippen LogP contribution is -2.55. The zero-order valence-electron chi connectivity index (χ0n) is 26.0. The number of thiazole rings is 1. The Balaban J connectivity index is 1.01. The van der Waals surface area contributed by atoms with Crippen LogP contribution < -0.4 is 10.7 Å². The second kappa shape index (κ2) is 13.3. The van der Waals surface area contributed by atoms with Crippen LogP contribution >= 0.6 is 11.3 Å². The van der Waals surface area contributed by atoms with Crippen molar-refractivity contribution in [2.45, 2.75) is 37.2 Å². The first-order valence-electron chi connectivity index (χ1n) is 16.1. The van der Waals surface area contributed by atoms with Gasteiger partial charge in [0.25, 0.3) is 5.91 Å². The van der Waals surface area contributed by atoms with Crippen molar-refractivity contribution >= 4 is 29.4 Å². The van der Waals surface area contributed by atoms with Crippen LogP contribution in [0.2, 0.25) is 0 Å². The van der Waals surface area contributed by atoms with Gasteiger partial charge < -0.3 is 19.8 Å². The van der Waals surface area contributed by atoms with Gasteiger partial charge in [-0.05, 0) is 48.6 Å². The summed E-state index contributed by atoms with van der Waals surface area (Å²) in [5, 5.41) is 13.8. The highest BCUT2D eigenvalue weighted by Crippen LogP contribution is 2.36. The molecule has 2 amide bonds. The van der Waals surface area contributed by atoms with E-state index in [1.807, 2.05) is 63.4 Å². The number of piperidine rings is 2. The number of benzene rings is 2. The molecule has 2 aromatic carbocycles. The molecule has 0 saturated carbocycles. The van der Waals surface area contributed by atoms with Gasteiger partial charge >= 0.3 is 0 Å². The summed E-state index contributed by atoms with van der Waals surface area (Å²) >= 11 is 1.29. The first kappa shape index (κ1) is 31.1. The predicted molar refractivity (Wildman–Crippen MR) is 176 cm³/mol. The molecule has 0 aliphatic carbocycles. The average Bonchev–Trinajstić information content (AvgIpc) is 3.57. The van der Waals surface area contributed by atoms with Crippen molar-refractivity contribution in [3.05, 3.63) is 117 Å². The maximum absolute atomic E-state index is 14.2. The van der Waals surface area contributed by atoms with E-state index in [1.54, 1.807) is 30.6 Å². The molecule has 242 valence electrons. The number of pyridine rings is 1. The number of halogens is 1. The lowest BCUT2D eigenvalue weighted by molar-refractivity contribution is -0.142. The van der Waals surface area contributed by atoms with E-state index in [9.17, 15) is 19.1 Å². The van der Waals surface area contributed by atoms with Gasteiger partial charge in [0, 0.05) is 63.4 Å². The van der Waals surface area contributed by atoms with Crippen molar-refractivity contribution in [3.63, 3.8) is 0 Å². The third-order valence-corrected chi connectivity index (χ3v) is 10.5. The first-order chi connectivity index (χ1) is 22.8. The Morgan fingerprint density at radius 1 is 0.957 bits per heavy atom. The second-order valence-electron chi connectivity index (χ2n) is 12.7. The first-order valence-corrected chi connectivity index (χ1v) is 16.9. The number of hydrogen-bond acceptors (Lipinski definition) is 8. The maximum atomic E-state index is 14.2. The molecule has 11 heteroatoms.